The van der Waals surface area contributed by atoms with Crippen LogP contribution in [0.2, 0.25) is 0 Å². The van der Waals surface area contributed by atoms with Gasteiger partial charge in [0.05, 0.1) is 6.10 Å². The van der Waals surface area contributed by atoms with Gasteiger partial charge in [0.1, 0.15) is 5.82 Å². The summed E-state index contributed by atoms with van der Waals surface area (Å²) in [5, 5.41) is 9.48. The van der Waals surface area contributed by atoms with Gasteiger partial charge in [-0.25, -0.2) is 4.98 Å². The molecule has 1 heterocycles. The number of hydrogen-bond acceptors (Lipinski definition) is 2. The van der Waals surface area contributed by atoms with E-state index in [1.54, 1.807) is 0 Å². The Bertz CT molecular complexity index is 295. The molecule has 1 N–H and O–H groups in total. The maximum atomic E-state index is 9.48. The maximum Gasteiger partial charge on any atom is 0.111 e. The second kappa shape index (κ2) is 4.13. The molecular weight excluding hydrogens is 176 g/mol. The highest BCUT2D eigenvalue weighted by Gasteiger charge is 2.26. The van der Waals surface area contributed by atoms with Crippen LogP contribution in [-0.2, 0) is 6.54 Å². The van der Waals surface area contributed by atoms with Crippen LogP contribution in [0, 0.1) is 0 Å². The number of hydrogen-bond donors (Lipinski definition) is 1. The van der Waals surface area contributed by atoms with Gasteiger partial charge in [-0.3, -0.25) is 0 Å². The van der Waals surface area contributed by atoms with Crippen LogP contribution < -0.4 is 0 Å². The first-order valence-corrected chi connectivity index (χ1v) is 5.50. The third kappa shape index (κ3) is 1.82. The molecule has 1 aromatic rings. The van der Waals surface area contributed by atoms with E-state index in [1.807, 2.05) is 12.4 Å². The molecule has 2 unspecified atom stereocenters. The van der Waals surface area contributed by atoms with E-state index in [2.05, 4.69) is 16.5 Å². The Kier molecular flexibility index (Phi) is 2.87. The quantitative estimate of drug-likeness (QED) is 0.798. The first kappa shape index (κ1) is 9.71. The summed E-state index contributed by atoms with van der Waals surface area (Å²) in [5.41, 5.74) is 0. The standard InChI is InChI=1S/C11H18N2O/c1-2-6-13-7-5-12-11(13)9-3-4-10(14)8-9/h5,7,9-10,14H,2-4,6,8H2,1H3. The van der Waals surface area contributed by atoms with Gasteiger partial charge in [0.2, 0.25) is 0 Å². The van der Waals surface area contributed by atoms with Gasteiger partial charge in [-0.1, -0.05) is 6.92 Å². The molecule has 0 aromatic carbocycles. The van der Waals surface area contributed by atoms with Crippen molar-refractivity contribution in [2.45, 2.75) is 51.2 Å². The Morgan fingerprint density at radius 2 is 2.43 bits per heavy atom. The van der Waals surface area contributed by atoms with Crippen molar-refractivity contribution in [1.82, 2.24) is 9.55 Å². The lowest BCUT2D eigenvalue weighted by molar-refractivity contribution is 0.181. The highest BCUT2D eigenvalue weighted by atomic mass is 16.3. The Balaban J connectivity index is 2.11. The largest absolute Gasteiger partial charge is 0.393 e. The first-order chi connectivity index (χ1) is 6.81. The summed E-state index contributed by atoms with van der Waals surface area (Å²) in [7, 11) is 0. The lowest BCUT2D eigenvalue weighted by Crippen LogP contribution is -2.07. The normalized spacial score (nSPS) is 27.0. The molecule has 1 fully saturated rings. The zero-order valence-corrected chi connectivity index (χ0v) is 8.69. The molecule has 2 atom stereocenters. The van der Waals surface area contributed by atoms with Crippen molar-refractivity contribution in [3.8, 4) is 0 Å². The van der Waals surface area contributed by atoms with E-state index in [0.717, 1.165) is 32.2 Å². The third-order valence-corrected chi connectivity index (χ3v) is 2.98. The van der Waals surface area contributed by atoms with Gasteiger partial charge in [0.15, 0.2) is 0 Å². The summed E-state index contributed by atoms with van der Waals surface area (Å²) in [6, 6.07) is 0. The molecule has 0 radical (unpaired) electrons. The molecule has 14 heavy (non-hydrogen) atoms. The van der Waals surface area contributed by atoms with Gasteiger partial charge in [0.25, 0.3) is 0 Å². The molecule has 0 amide bonds. The minimum atomic E-state index is -0.105. The number of aromatic nitrogens is 2. The fourth-order valence-corrected chi connectivity index (χ4v) is 2.30. The highest BCUT2D eigenvalue weighted by molar-refractivity contribution is 5.03. The Morgan fingerprint density at radius 3 is 3.07 bits per heavy atom. The fraction of sp³-hybridized carbons (Fsp3) is 0.727. The molecule has 0 saturated heterocycles. The van der Waals surface area contributed by atoms with Gasteiger partial charge in [0, 0.05) is 24.9 Å². The summed E-state index contributed by atoms with van der Waals surface area (Å²) in [6.07, 6.45) is 7.86. The average molecular weight is 194 g/mol. The van der Waals surface area contributed by atoms with Crippen LogP contribution in [0.5, 0.6) is 0 Å². The van der Waals surface area contributed by atoms with E-state index < -0.39 is 0 Å². The summed E-state index contributed by atoms with van der Waals surface area (Å²) < 4.78 is 2.22. The van der Waals surface area contributed by atoms with Gasteiger partial charge < -0.3 is 9.67 Å². The summed E-state index contributed by atoms with van der Waals surface area (Å²) in [6.45, 7) is 3.22. The Hall–Kier alpha value is -0.830. The van der Waals surface area contributed by atoms with Crippen LogP contribution in [0.4, 0.5) is 0 Å². The van der Waals surface area contributed by atoms with Crippen molar-refractivity contribution in [2.75, 3.05) is 0 Å². The summed E-state index contributed by atoms with van der Waals surface area (Å²) in [4.78, 5) is 4.40. The summed E-state index contributed by atoms with van der Waals surface area (Å²) >= 11 is 0. The second-order valence-corrected chi connectivity index (χ2v) is 4.14. The molecule has 78 valence electrons. The Morgan fingerprint density at radius 1 is 1.57 bits per heavy atom. The lowest BCUT2D eigenvalue weighted by atomic mass is 10.1. The molecule has 1 aromatic heterocycles. The molecular formula is C11H18N2O. The van der Waals surface area contributed by atoms with Crippen molar-refractivity contribution in [3.05, 3.63) is 18.2 Å². The maximum absolute atomic E-state index is 9.48. The Labute approximate surface area is 84.8 Å². The van der Waals surface area contributed by atoms with E-state index in [-0.39, 0.29) is 6.10 Å². The SMILES string of the molecule is CCCn1ccnc1C1CCC(O)C1. The van der Waals surface area contributed by atoms with Crippen LogP contribution in [0.25, 0.3) is 0 Å². The fourth-order valence-electron chi connectivity index (χ4n) is 2.30. The van der Waals surface area contributed by atoms with Crippen molar-refractivity contribution < 1.29 is 5.11 Å². The third-order valence-electron chi connectivity index (χ3n) is 2.98. The van der Waals surface area contributed by atoms with Gasteiger partial charge >= 0.3 is 0 Å². The van der Waals surface area contributed by atoms with E-state index in [4.69, 9.17) is 0 Å². The molecule has 0 aliphatic heterocycles. The summed E-state index contributed by atoms with van der Waals surface area (Å²) in [5.74, 6) is 1.65. The number of imidazole rings is 1. The van der Waals surface area contributed by atoms with Crippen molar-refractivity contribution in [1.29, 1.82) is 0 Å². The molecule has 2 rings (SSSR count). The number of rotatable bonds is 3. The minimum Gasteiger partial charge on any atom is -0.393 e. The molecule has 0 spiro atoms. The molecule has 3 nitrogen and oxygen atoms in total. The predicted molar refractivity (Wildman–Crippen MR) is 55.1 cm³/mol. The second-order valence-electron chi connectivity index (χ2n) is 4.14. The smallest absolute Gasteiger partial charge is 0.111 e. The van der Waals surface area contributed by atoms with Crippen molar-refractivity contribution in [2.24, 2.45) is 0 Å². The topological polar surface area (TPSA) is 38.0 Å². The monoisotopic (exact) mass is 194 g/mol. The van der Waals surface area contributed by atoms with Crippen LogP contribution >= 0.6 is 0 Å². The number of aryl methyl sites for hydroxylation is 1. The molecule has 0 bridgehead atoms. The van der Waals surface area contributed by atoms with Crippen LogP contribution in [0.3, 0.4) is 0 Å². The van der Waals surface area contributed by atoms with E-state index in [1.165, 1.54) is 5.82 Å². The highest BCUT2D eigenvalue weighted by Crippen LogP contribution is 2.33. The van der Waals surface area contributed by atoms with E-state index >= 15 is 0 Å². The van der Waals surface area contributed by atoms with Crippen molar-refractivity contribution >= 4 is 0 Å². The molecule has 3 heteroatoms. The molecule has 1 aliphatic carbocycles. The van der Waals surface area contributed by atoms with Crippen LogP contribution in [0.1, 0.15) is 44.3 Å². The zero-order chi connectivity index (χ0) is 9.97. The molecule has 1 saturated carbocycles. The van der Waals surface area contributed by atoms with E-state index in [0.29, 0.717) is 5.92 Å². The first-order valence-electron chi connectivity index (χ1n) is 5.50. The van der Waals surface area contributed by atoms with Gasteiger partial charge in [-0.05, 0) is 25.7 Å². The molecule has 1 aliphatic rings. The minimum absolute atomic E-state index is 0.105. The van der Waals surface area contributed by atoms with E-state index in [9.17, 15) is 5.11 Å². The van der Waals surface area contributed by atoms with Gasteiger partial charge in [-0.15, -0.1) is 0 Å². The lowest BCUT2D eigenvalue weighted by Gasteiger charge is -2.11. The number of aliphatic hydroxyl groups is 1. The van der Waals surface area contributed by atoms with Gasteiger partial charge in [-0.2, -0.15) is 0 Å². The number of aliphatic hydroxyl groups excluding tert-OH is 1. The average Bonchev–Trinajstić information content (AvgIpc) is 2.74. The van der Waals surface area contributed by atoms with Crippen molar-refractivity contribution in [3.63, 3.8) is 0 Å². The number of nitrogens with zero attached hydrogens (tertiary/aromatic N) is 2. The zero-order valence-electron chi connectivity index (χ0n) is 8.69. The van der Waals surface area contributed by atoms with Crippen LogP contribution in [0.15, 0.2) is 12.4 Å². The van der Waals surface area contributed by atoms with Crippen LogP contribution in [-0.4, -0.2) is 20.8 Å². The predicted octanol–water partition coefficient (Wildman–Crippen LogP) is 1.92.